The first-order valence-corrected chi connectivity index (χ1v) is 28.5. The highest BCUT2D eigenvalue weighted by atomic mass is 16.6. The highest BCUT2D eigenvalue weighted by molar-refractivity contribution is 5.71. The first kappa shape index (κ1) is 62.6. The summed E-state index contributed by atoms with van der Waals surface area (Å²) in [7, 11) is 0. The molecule has 0 radical (unpaired) electrons. The summed E-state index contributed by atoms with van der Waals surface area (Å²) in [5.74, 6) is -0.883. The van der Waals surface area contributed by atoms with E-state index in [0.29, 0.717) is 19.3 Å². The molecule has 0 aromatic carbocycles. The minimum absolute atomic E-state index is 0.0765. The van der Waals surface area contributed by atoms with Gasteiger partial charge in [0, 0.05) is 19.3 Å². The smallest absolute Gasteiger partial charge is 0.306 e. The normalized spacial score (nSPS) is 12.2. The third-order valence-corrected chi connectivity index (χ3v) is 12.6. The SMILES string of the molecule is CCCCCC/C=C\C/C=C\CCCCCCCC(=O)OCC(COC(=O)CCCCCCCCCCCCCCCCC)OC(=O)CCCCCCC/C=C\CCCCCCCCC. The van der Waals surface area contributed by atoms with Gasteiger partial charge >= 0.3 is 17.9 Å². The number of esters is 3. The van der Waals surface area contributed by atoms with Gasteiger partial charge in [-0.1, -0.05) is 243 Å². The predicted octanol–water partition coefficient (Wildman–Crippen LogP) is 18.9. The molecule has 1 atom stereocenters. The zero-order valence-electron chi connectivity index (χ0n) is 43.5. The second-order valence-electron chi connectivity index (χ2n) is 19.2. The van der Waals surface area contributed by atoms with E-state index in [2.05, 4.69) is 57.2 Å². The fourth-order valence-corrected chi connectivity index (χ4v) is 8.29. The Morgan fingerprint density at radius 1 is 0.308 bits per heavy atom. The lowest BCUT2D eigenvalue weighted by molar-refractivity contribution is -0.167. The van der Waals surface area contributed by atoms with E-state index in [1.165, 1.54) is 180 Å². The Bertz CT molecular complexity index is 1090. The molecule has 6 heteroatoms. The number of hydrogen-bond donors (Lipinski definition) is 0. The molecule has 1 unspecified atom stereocenters. The Morgan fingerprint density at radius 2 is 0.554 bits per heavy atom. The van der Waals surface area contributed by atoms with E-state index >= 15 is 0 Å². The number of carbonyl (C=O) groups is 3. The molecule has 0 aliphatic rings. The maximum atomic E-state index is 12.8. The van der Waals surface area contributed by atoms with Crippen molar-refractivity contribution in [2.24, 2.45) is 0 Å². The molecule has 0 heterocycles. The molecule has 0 amide bonds. The van der Waals surface area contributed by atoms with E-state index in [-0.39, 0.29) is 31.1 Å². The number of carbonyl (C=O) groups excluding carboxylic acids is 3. The first-order valence-electron chi connectivity index (χ1n) is 28.5. The van der Waals surface area contributed by atoms with Crippen molar-refractivity contribution < 1.29 is 28.6 Å². The summed E-state index contributed by atoms with van der Waals surface area (Å²) in [6, 6.07) is 0. The third kappa shape index (κ3) is 52.5. The van der Waals surface area contributed by atoms with Gasteiger partial charge in [-0.2, -0.15) is 0 Å². The second kappa shape index (κ2) is 54.2. The van der Waals surface area contributed by atoms with Gasteiger partial charge in [0.2, 0.25) is 0 Å². The van der Waals surface area contributed by atoms with Crippen LogP contribution in [0.2, 0.25) is 0 Å². The first-order chi connectivity index (χ1) is 32.0. The van der Waals surface area contributed by atoms with Crippen LogP contribution in [-0.4, -0.2) is 37.2 Å². The lowest BCUT2D eigenvalue weighted by atomic mass is 10.0. The zero-order valence-corrected chi connectivity index (χ0v) is 43.5. The molecule has 6 nitrogen and oxygen atoms in total. The average molecular weight is 914 g/mol. The fraction of sp³-hybridized carbons (Fsp3) is 0.847. The molecule has 0 saturated carbocycles. The predicted molar refractivity (Wildman–Crippen MR) is 279 cm³/mol. The van der Waals surface area contributed by atoms with Gasteiger partial charge in [-0.05, 0) is 77.0 Å². The van der Waals surface area contributed by atoms with Crippen molar-refractivity contribution >= 4 is 17.9 Å². The molecule has 380 valence electrons. The molecule has 0 bridgehead atoms. The monoisotopic (exact) mass is 913 g/mol. The fourth-order valence-electron chi connectivity index (χ4n) is 8.29. The lowest BCUT2D eigenvalue weighted by Gasteiger charge is -2.18. The number of ether oxygens (including phenoxy) is 3. The van der Waals surface area contributed by atoms with E-state index < -0.39 is 6.10 Å². The van der Waals surface area contributed by atoms with Crippen molar-refractivity contribution in [3.05, 3.63) is 36.5 Å². The van der Waals surface area contributed by atoms with E-state index in [9.17, 15) is 14.4 Å². The molecule has 0 N–H and O–H groups in total. The van der Waals surface area contributed by atoms with Crippen LogP contribution >= 0.6 is 0 Å². The maximum Gasteiger partial charge on any atom is 0.306 e. The summed E-state index contributed by atoms with van der Waals surface area (Å²) in [6.07, 6.45) is 64.1. The van der Waals surface area contributed by atoms with E-state index in [1.54, 1.807) is 0 Å². The third-order valence-electron chi connectivity index (χ3n) is 12.6. The molecular weight excluding hydrogens is 805 g/mol. The van der Waals surface area contributed by atoms with Crippen molar-refractivity contribution in [1.82, 2.24) is 0 Å². The summed E-state index contributed by atoms with van der Waals surface area (Å²) in [6.45, 7) is 6.64. The molecule has 0 aliphatic carbocycles. The Morgan fingerprint density at radius 3 is 0.877 bits per heavy atom. The van der Waals surface area contributed by atoms with Gasteiger partial charge in [0.1, 0.15) is 13.2 Å². The van der Waals surface area contributed by atoms with E-state index in [4.69, 9.17) is 14.2 Å². The number of rotatable bonds is 52. The Labute approximate surface area is 404 Å². The lowest BCUT2D eigenvalue weighted by Crippen LogP contribution is -2.30. The largest absolute Gasteiger partial charge is 0.462 e. The molecule has 0 aromatic rings. The van der Waals surface area contributed by atoms with Gasteiger partial charge in [-0.15, -0.1) is 0 Å². The molecule has 65 heavy (non-hydrogen) atoms. The van der Waals surface area contributed by atoms with Crippen LogP contribution in [0.3, 0.4) is 0 Å². The van der Waals surface area contributed by atoms with Crippen LogP contribution in [0.15, 0.2) is 36.5 Å². The number of unbranched alkanes of at least 4 members (excludes halogenated alkanes) is 35. The van der Waals surface area contributed by atoms with Gasteiger partial charge in [-0.3, -0.25) is 14.4 Å². The highest BCUT2D eigenvalue weighted by Crippen LogP contribution is 2.16. The molecule has 0 rings (SSSR count). The number of hydrogen-bond acceptors (Lipinski definition) is 6. The molecule has 0 saturated heterocycles. The molecule has 0 fully saturated rings. The number of allylic oxidation sites excluding steroid dienone is 6. The summed E-state index contributed by atoms with van der Waals surface area (Å²) in [5.41, 5.74) is 0. The van der Waals surface area contributed by atoms with Crippen LogP contribution in [0.1, 0.15) is 303 Å². The highest BCUT2D eigenvalue weighted by Gasteiger charge is 2.19. The molecule has 0 spiro atoms. The minimum atomic E-state index is -0.779. The van der Waals surface area contributed by atoms with Crippen LogP contribution in [0.25, 0.3) is 0 Å². The summed E-state index contributed by atoms with van der Waals surface area (Å²) in [4.78, 5) is 38.1. The minimum Gasteiger partial charge on any atom is -0.462 e. The van der Waals surface area contributed by atoms with Gasteiger partial charge < -0.3 is 14.2 Å². The zero-order chi connectivity index (χ0) is 47.2. The van der Waals surface area contributed by atoms with Gasteiger partial charge in [0.05, 0.1) is 0 Å². The van der Waals surface area contributed by atoms with Crippen molar-refractivity contribution in [1.29, 1.82) is 0 Å². The summed E-state index contributed by atoms with van der Waals surface area (Å²) >= 11 is 0. The summed E-state index contributed by atoms with van der Waals surface area (Å²) in [5, 5.41) is 0. The van der Waals surface area contributed by atoms with Crippen molar-refractivity contribution in [3.63, 3.8) is 0 Å². The molecular formula is C59H108O6. The topological polar surface area (TPSA) is 78.9 Å². The molecule has 0 aromatic heterocycles. The quantitative estimate of drug-likeness (QED) is 0.0262. The second-order valence-corrected chi connectivity index (χ2v) is 19.2. The van der Waals surface area contributed by atoms with Crippen LogP contribution in [0.4, 0.5) is 0 Å². The standard InChI is InChI=1S/C59H108O6/c1-4-7-10-13-16-19-22-25-28-31-34-37-40-43-46-49-52-58(61)64-55-56(54-63-57(60)51-48-45-42-39-36-33-30-27-24-21-18-15-12-9-6-3)65-59(62)53-50-47-44-41-38-35-32-29-26-23-20-17-14-11-8-5-2/h19,22,28-29,31-32,56H,4-18,20-21,23-27,30,33-55H2,1-3H3/b22-19-,31-28-,32-29-. The Kier molecular flexibility index (Phi) is 52.3. The van der Waals surface area contributed by atoms with Crippen LogP contribution < -0.4 is 0 Å². The van der Waals surface area contributed by atoms with Gasteiger partial charge in [0.15, 0.2) is 6.10 Å². The Hall–Kier alpha value is -2.37. The van der Waals surface area contributed by atoms with Crippen molar-refractivity contribution in [2.45, 2.75) is 309 Å². The van der Waals surface area contributed by atoms with Crippen LogP contribution in [-0.2, 0) is 28.6 Å². The maximum absolute atomic E-state index is 12.8. The van der Waals surface area contributed by atoms with Gasteiger partial charge in [-0.25, -0.2) is 0 Å². The van der Waals surface area contributed by atoms with Crippen molar-refractivity contribution in [2.75, 3.05) is 13.2 Å². The van der Waals surface area contributed by atoms with Crippen LogP contribution in [0, 0.1) is 0 Å². The Balaban J connectivity index is 4.38. The van der Waals surface area contributed by atoms with Gasteiger partial charge in [0.25, 0.3) is 0 Å². The summed E-state index contributed by atoms with van der Waals surface area (Å²) < 4.78 is 16.9. The van der Waals surface area contributed by atoms with Crippen molar-refractivity contribution in [3.8, 4) is 0 Å². The van der Waals surface area contributed by atoms with E-state index in [0.717, 1.165) is 83.5 Å². The molecule has 0 aliphatic heterocycles. The van der Waals surface area contributed by atoms with E-state index in [1.807, 2.05) is 0 Å². The average Bonchev–Trinajstić information content (AvgIpc) is 3.30. The van der Waals surface area contributed by atoms with Crippen LogP contribution in [0.5, 0.6) is 0 Å².